The molecule has 0 atom stereocenters. The second-order valence-electron chi connectivity index (χ2n) is 9.13. The SMILES string of the molecule is CN1CCC(Oc2ccc(Nc3ncc4ccn(-c5cccc(P(C)(C)=O)n5)c4n3)cc2)CC1. The van der Waals surface area contributed by atoms with E-state index in [4.69, 9.17) is 9.72 Å². The summed E-state index contributed by atoms with van der Waals surface area (Å²) in [5, 5.41) is 4.17. The smallest absolute Gasteiger partial charge is 0.229 e. The van der Waals surface area contributed by atoms with Crippen LogP contribution in [0.25, 0.3) is 16.9 Å². The van der Waals surface area contributed by atoms with Crippen molar-refractivity contribution >= 4 is 35.2 Å². The summed E-state index contributed by atoms with van der Waals surface area (Å²) in [5.41, 5.74) is 2.21. The molecule has 1 saturated heterocycles. The number of nitrogens with one attached hydrogen (secondary N) is 1. The lowest BCUT2D eigenvalue weighted by atomic mass is 10.1. The molecule has 1 aromatic carbocycles. The van der Waals surface area contributed by atoms with Crippen LogP contribution >= 0.6 is 7.14 Å². The summed E-state index contributed by atoms with van der Waals surface area (Å²) in [7, 11) is -0.315. The van der Waals surface area contributed by atoms with Crippen molar-refractivity contribution in [2.45, 2.75) is 18.9 Å². The molecule has 1 N–H and O–H groups in total. The number of rotatable bonds is 6. The second kappa shape index (κ2) is 9.20. The zero-order valence-corrected chi connectivity index (χ0v) is 20.6. The van der Waals surface area contributed by atoms with E-state index in [1.165, 1.54) is 0 Å². The number of likely N-dealkylation sites (tertiary alicyclic amines) is 1. The fourth-order valence-corrected chi connectivity index (χ4v) is 4.84. The first-order valence-corrected chi connectivity index (χ1v) is 14.0. The summed E-state index contributed by atoms with van der Waals surface area (Å²) < 4.78 is 20.5. The van der Waals surface area contributed by atoms with Gasteiger partial charge >= 0.3 is 0 Å². The van der Waals surface area contributed by atoms with Gasteiger partial charge in [-0.2, -0.15) is 4.98 Å². The molecule has 1 aliphatic rings. The van der Waals surface area contributed by atoms with Gasteiger partial charge in [0.25, 0.3) is 0 Å². The predicted octanol–water partition coefficient (Wildman–Crippen LogP) is 4.28. The highest BCUT2D eigenvalue weighted by molar-refractivity contribution is 7.69. The molecule has 0 saturated carbocycles. The molecule has 0 radical (unpaired) electrons. The van der Waals surface area contributed by atoms with E-state index < -0.39 is 7.14 Å². The monoisotopic (exact) mass is 476 g/mol. The maximum atomic E-state index is 12.5. The van der Waals surface area contributed by atoms with Crippen LogP contribution in [0.1, 0.15) is 12.8 Å². The number of pyridine rings is 1. The van der Waals surface area contributed by atoms with Gasteiger partial charge in [-0.05, 0) is 75.7 Å². The van der Waals surface area contributed by atoms with Crippen molar-refractivity contribution in [2.75, 3.05) is 38.8 Å². The molecule has 176 valence electrons. The summed E-state index contributed by atoms with van der Waals surface area (Å²) in [4.78, 5) is 16.1. The van der Waals surface area contributed by atoms with Gasteiger partial charge < -0.3 is 19.5 Å². The van der Waals surface area contributed by atoms with Crippen LogP contribution in [0.15, 0.2) is 60.9 Å². The zero-order chi connectivity index (χ0) is 23.7. The predicted molar refractivity (Wildman–Crippen MR) is 137 cm³/mol. The average molecular weight is 477 g/mol. The summed E-state index contributed by atoms with van der Waals surface area (Å²) in [6.07, 6.45) is 6.06. The largest absolute Gasteiger partial charge is 0.490 e. The highest BCUT2D eigenvalue weighted by Gasteiger charge is 2.18. The Kier molecular flexibility index (Phi) is 6.11. The maximum absolute atomic E-state index is 12.5. The van der Waals surface area contributed by atoms with Crippen LogP contribution in [0.4, 0.5) is 11.6 Å². The number of hydrogen-bond donors (Lipinski definition) is 1. The molecular weight excluding hydrogens is 447 g/mol. The van der Waals surface area contributed by atoms with Gasteiger partial charge in [0.05, 0.1) is 0 Å². The number of hydrogen-bond acceptors (Lipinski definition) is 7. The van der Waals surface area contributed by atoms with E-state index >= 15 is 0 Å². The van der Waals surface area contributed by atoms with E-state index in [0.29, 0.717) is 17.2 Å². The molecule has 4 heterocycles. The lowest BCUT2D eigenvalue weighted by Gasteiger charge is -2.29. The van der Waals surface area contributed by atoms with E-state index in [1.54, 1.807) is 25.6 Å². The molecule has 4 aromatic rings. The number of nitrogens with zero attached hydrogens (tertiary/aromatic N) is 5. The summed E-state index contributed by atoms with van der Waals surface area (Å²) in [6.45, 7) is 5.59. The first-order valence-electron chi connectivity index (χ1n) is 11.4. The van der Waals surface area contributed by atoms with Crippen LogP contribution in [0.2, 0.25) is 0 Å². The number of aromatic nitrogens is 4. The van der Waals surface area contributed by atoms with Crippen LogP contribution < -0.4 is 15.5 Å². The van der Waals surface area contributed by atoms with Crippen LogP contribution in [0, 0.1) is 0 Å². The Morgan fingerprint density at radius 1 is 1.03 bits per heavy atom. The molecule has 34 heavy (non-hydrogen) atoms. The average Bonchev–Trinajstić information content (AvgIpc) is 3.25. The summed E-state index contributed by atoms with van der Waals surface area (Å²) in [5.74, 6) is 2.04. The van der Waals surface area contributed by atoms with E-state index in [2.05, 4.69) is 27.2 Å². The summed E-state index contributed by atoms with van der Waals surface area (Å²) >= 11 is 0. The van der Waals surface area contributed by atoms with Crippen molar-refractivity contribution in [1.29, 1.82) is 0 Å². The van der Waals surface area contributed by atoms with Gasteiger partial charge in [0, 0.05) is 36.6 Å². The Hall–Kier alpha value is -3.22. The highest BCUT2D eigenvalue weighted by atomic mass is 31.2. The fourth-order valence-electron chi connectivity index (χ4n) is 4.05. The van der Waals surface area contributed by atoms with Gasteiger partial charge in [0.15, 0.2) is 5.65 Å². The molecule has 8 nitrogen and oxygen atoms in total. The Morgan fingerprint density at radius 2 is 1.79 bits per heavy atom. The van der Waals surface area contributed by atoms with Crippen molar-refractivity contribution in [3.8, 4) is 11.6 Å². The Labute approximate surface area is 199 Å². The van der Waals surface area contributed by atoms with Crippen LogP contribution in [-0.4, -0.2) is 64.0 Å². The third-order valence-corrected chi connectivity index (χ3v) is 7.38. The lowest BCUT2D eigenvalue weighted by molar-refractivity contribution is 0.114. The van der Waals surface area contributed by atoms with Crippen LogP contribution in [0.5, 0.6) is 5.75 Å². The number of piperidine rings is 1. The summed E-state index contributed by atoms with van der Waals surface area (Å²) in [6, 6.07) is 15.4. The molecular formula is C25H29N6O2P. The fraction of sp³-hybridized carbons (Fsp3) is 0.320. The topological polar surface area (TPSA) is 85.2 Å². The third-order valence-electron chi connectivity index (χ3n) is 6.02. The molecule has 3 aromatic heterocycles. The molecule has 0 unspecified atom stereocenters. The molecule has 9 heteroatoms. The molecule has 0 bridgehead atoms. The van der Waals surface area contributed by atoms with Gasteiger partial charge in [0.1, 0.15) is 30.2 Å². The standard InChI is InChI=1S/C25H29N6O2P/c1-30-14-12-21(13-15-30)33-20-9-7-19(8-10-20)27-25-26-17-18-11-16-31(24(18)29-25)22-5-4-6-23(28-22)34(2,3)32/h4-11,16-17,21H,12-15H2,1-3H3,(H,26,27,29). The Morgan fingerprint density at radius 3 is 2.53 bits per heavy atom. The van der Waals surface area contributed by atoms with Crippen LogP contribution in [-0.2, 0) is 4.57 Å². The highest BCUT2D eigenvalue weighted by Crippen LogP contribution is 2.33. The molecule has 5 rings (SSSR count). The van der Waals surface area contributed by atoms with Crippen molar-refractivity contribution in [1.82, 2.24) is 24.4 Å². The first-order chi connectivity index (χ1) is 16.3. The number of benzene rings is 1. The third kappa shape index (κ3) is 4.98. The van der Waals surface area contributed by atoms with Crippen molar-refractivity contribution in [2.24, 2.45) is 0 Å². The molecule has 0 spiro atoms. The maximum Gasteiger partial charge on any atom is 0.229 e. The van der Waals surface area contributed by atoms with Crippen molar-refractivity contribution in [3.05, 3.63) is 60.9 Å². The zero-order valence-electron chi connectivity index (χ0n) is 19.7. The first kappa shape index (κ1) is 22.6. The molecule has 0 amide bonds. The number of ether oxygens (including phenoxy) is 1. The van der Waals surface area contributed by atoms with Gasteiger partial charge in [-0.3, -0.25) is 4.57 Å². The van der Waals surface area contributed by atoms with E-state index in [9.17, 15) is 4.57 Å². The van der Waals surface area contributed by atoms with Gasteiger partial charge in [-0.25, -0.2) is 9.97 Å². The minimum atomic E-state index is -2.46. The van der Waals surface area contributed by atoms with Gasteiger partial charge in [0.2, 0.25) is 5.95 Å². The van der Waals surface area contributed by atoms with E-state index in [-0.39, 0.29) is 6.10 Å². The van der Waals surface area contributed by atoms with Crippen LogP contribution in [0.3, 0.4) is 0 Å². The molecule has 0 aliphatic carbocycles. The number of fused-ring (bicyclic) bond motifs is 1. The Bertz CT molecular complexity index is 1340. The Balaban J connectivity index is 1.34. The lowest BCUT2D eigenvalue weighted by Crippen LogP contribution is -2.35. The molecule has 1 aliphatic heterocycles. The van der Waals surface area contributed by atoms with Gasteiger partial charge in [-0.1, -0.05) is 6.07 Å². The van der Waals surface area contributed by atoms with Crippen molar-refractivity contribution < 1.29 is 9.30 Å². The minimum absolute atomic E-state index is 0.273. The van der Waals surface area contributed by atoms with E-state index in [0.717, 1.165) is 48.4 Å². The number of anilines is 2. The molecule has 1 fully saturated rings. The van der Waals surface area contributed by atoms with Crippen molar-refractivity contribution in [3.63, 3.8) is 0 Å². The normalized spacial score (nSPS) is 15.5. The quantitative estimate of drug-likeness (QED) is 0.416. The second-order valence-corrected chi connectivity index (χ2v) is 12.3. The van der Waals surface area contributed by atoms with E-state index in [1.807, 2.05) is 53.2 Å². The minimum Gasteiger partial charge on any atom is -0.490 e. The van der Waals surface area contributed by atoms with Gasteiger partial charge in [-0.15, -0.1) is 0 Å².